The Kier molecular flexibility index (Phi) is 3.09. The van der Waals surface area contributed by atoms with E-state index in [1.165, 1.54) is 0 Å². The largest absolute Gasteiger partial charge is 0.292 e. The summed E-state index contributed by atoms with van der Waals surface area (Å²) in [6.07, 6.45) is 3.32. The Morgan fingerprint density at radius 2 is 2.14 bits per heavy atom. The van der Waals surface area contributed by atoms with Gasteiger partial charge in [-0.1, -0.05) is 6.92 Å². The normalized spacial score (nSPS) is 11.7. The number of carbonyl (C=O) groups excluding carboxylic acids is 1. The molecular weight excluding hydrogens is 176 g/mol. The first-order valence-electron chi connectivity index (χ1n) is 5.04. The fourth-order valence-electron chi connectivity index (χ4n) is 1.20. The van der Waals surface area contributed by atoms with Crippen molar-refractivity contribution in [2.75, 3.05) is 0 Å². The van der Waals surface area contributed by atoms with Crippen LogP contribution in [0.5, 0.6) is 0 Å². The number of hydrogen-bond acceptors (Lipinski definition) is 2. The third-order valence-corrected chi connectivity index (χ3v) is 2.04. The monoisotopic (exact) mass is 194 g/mol. The molecule has 1 aromatic rings. The van der Waals surface area contributed by atoms with Gasteiger partial charge in [0.2, 0.25) is 0 Å². The number of rotatable bonds is 3. The first-order chi connectivity index (χ1) is 6.45. The van der Waals surface area contributed by atoms with Gasteiger partial charge in [-0.05, 0) is 33.3 Å². The molecule has 0 aromatic carbocycles. The number of aromatic nitrogens is 2. The van der Waals surface area contributed by atoms with Gasteiger partial charge in [-0.25, -0.2) is 0 Å². The molecule has 0 aliphatic heterocycles. The van der Waals surface area contributed by atoms with Crippen molar-refractivity contribution < 1.29 is 4.79 Å². The Balaban J connectivity index is 2.83. The fraction of sp³-hybridized carbons (Fsp3) is 0.636. The molecular formula is C11H18N2O. The van der Waals surface area contributed by atoms with Gasteiger partial charge in [-0.2, -0.15) is 5.10 Å². The molecule has 78 valence electrons. The zero-order valence-electron chi connectivity index (χ0n) is 9.37. The summed E-state index contributed by atoms with van der Waals surface area (Å²) in [6, 6.07) is 1.79. The maximum Gasteiger partial charge on any atom is 0.183 e. The molecule has 0 atom stereocenters. The van der Waals surface area contributed by atoms with Gasteiger partial charge in [-0.15, -0.1) is 0 Å². The first-order valence-corrected chi connectivity index (χ1v) is 5.04. The number of carbonyl (C=O) groups is 1. The standard InChI is InChI=1S/C11H18N2O/c1-5-6-10(14)9-7-8-13(12-9)11(2,3)4/h7-8H,5-6H2,1-4H3. The highest BCUT2D eigenvalue weighted by Crippen LogP contribution is 2.13. The van der Waals surface area contributed by atoms with Crippen LogP contribution >= 0.6 is 0 Å². The molecule has 0 saturated carbocycles. The molecule has 3 nitrogen and oxygen atoms in total. The van der Waals surface area contributed by atoms with Crippen LogP contribution in [0.25, 0.3) is 0 Å². The predicted octanol–water partition coefficient (Wildman–Crippen LogP) is 2.62. The van der Waals surface area contributed by atoms with E-state index in [9.17, 15) is 4.79 Å². The van der Waals surface area contributed by atoms with E-state index >= 15 is 0 Å². The minimum Gasteiger partial charge on any atom is -0.292 e. The summed E-state index contributed by atoms with van der Waals surface area (Å²) < 4.78 is 1.83. The van der Waals surface area contributed by atoms with Crippen LogP contribution in [0.1, 0.15) is 51.0 Å². The van der Waals surface area contributed by atoms with Gasteiger partial charge >= 0.3 is 0 Å². The molecule has 0 unspecified atom stereocenters. The molecule has 0 radical (unpaired) electrons. The Bertz CT molecular complexity index is 320. The summed E-state index contributed by atoms with van der Waals surface area (Å²) in [4.78, 5) is 11.5. The Hall–Kier alpha value is -1.12. The molecule has 0 aliphatic carbocycles. The van der Waals surface area contributed by atoms with Gasteiger partial charge < -0.3 is 0 Å². The summed E-state index contributed by atoms with van der Waals surface area (Å²) in [5, 5.41) is 4.27. The summed E-state index contributed by atoms with van der Waals surface area (Å²) in [7, 11) is 0. The van der Waals surface area contributed by atoms with E-state index in [1.54, 1.807) is 6.07 Å². The SMILES string of the molecule is CCCC(=O)c1ccn(C(C)(C)C)n1. The van der Waals surface area contributed by atoms with Crippen molar-refractivity contribution in [3.63, 3.8) is 0 Å². The van der Waals surface area contributed by atoms with Gasteiger partial charge in [0.1, 0.15) is 5.69 Å². The van der Waals surface area contributed by atoms with E-state index in [1.807, 2.05) is 17.8 Å². The number of ketones is 1. The van der Waals surface area contributed by atoms with E-state index < -0.39 is 0 Å². The topological polar surface area (TPSA) is 34.9 Å². The van der Waals surface area contributed by atoms with Crippen molar-refractivity contribution in [2.24, 2.45) is 0 Å². The van der Waals surface area contributed by atoms with Crippen LogP contribution in [-0.2, 0) is 5.54 Å². The summed E-state index contributed by atoms with van der Waals surface area (Å²) in [5.41, 5.74) is 0.534. The zero-order chi connectivity index (χ0) is 10.8. The molecule has 1 aromatic heterocycles. The smallest absolute Gasteiger partial charge is 0.183 e. The van der Waals surface area contributed by atoms with Crippen molar-refractivity contribution in [2.45, 2.75) is 46.1 Å². The van der Waals surface area contributed by atoms with Crippen molar-refractivity contribution in [1.29, 1.82) is 0 Å². The van der Waals surface area contributed by atoms with Crippen LogP contribution in [0.15, 0.2) is 12.3 Å². The van der Waals surface area contributed by atoms with E-state index in [0.29, 0.717) is 12.1 Å². The van der Waals surface area contributed by atoms with E-state index in [-0.39, 0.29) is 11.3 Å². The highest BCUT2D eigenvalue weighted by molar-refractivity contribution is 5.94. The lowest BCUT2D eigenvalue weighted by molar-refractivity contribution is 0.0975. The van der Waals surface area contributed by atoms with Gasteiger partial charge in [0.05, 0.1) is 5.54 Å². The number of Topliss-reactive ketones (excluding diaryl/α,β-unsaturated/α-hetero) is 1. The Morgan fingerprint density at radius 3 is 2.57 bits per heavy atom. The summed E-state index contributed by atoms with van der Waals surface area (Å²) in [5.74, 6) is 0.135. The molecule has 1 rings (SSSR count). The maximum absolute atomic E-state index is 11.5. The maximum atomic E-state index is 11.5. The molecule has 0 spiro atoms. The number of hydrogen-bond donors (Lipinski definition) is 0. The fourth-order valence-corrected chi connectivity index (χ4v) is 1.20. The van der Waals surface area contributed by atoms with Crippen LogP contribution in [-0.4, -0.2) is 15.6 Å². The Morgan fingerprint density at radius 1 is 1.50 bits per heavy atom. The average Bonchev–Trinajstić information content (AvgIpc) is 2.51. The highest BCUT2D eigenvalue weighted by Gasteiger charge is 2.16. The zero-order valence-corrected chi connectivity index (χ0v) is 9.37. The second-order valence-corrected chi connectivity index (χ2v) is 4.49. The van der Waals surface area contributed by atoms with Crippen molar-refractivity contribution in [3.8, 4) is 0 Å². The molecule has 0 saturated heterocycles. The number of nitrogens with zero attached hydrogens (tertiary/aromatic N) is 2. The third kappa shape index (κ3) is 2.44. The quantitative estimate of drug-likeness (QED) is 0.693. The van der Waals surface area contributed by atoms with Gasteiger partial charge in [0.15, 0.2) is 5.78 Å². The van der Waals surface area contributed by atoms with Crippen molar-refractivity contribution in [3.05, 3.63) is 18.0 Å². The van der Waals surface area contributed by atoms with Crippen molar-refractivity contribution in [1.82, 2.24) is 9.78 Å². The molecule has 1 heterocycles. The van der Waals surface area contributed by atoms with E-state index in [2.05, 4.69) is 25.9 Å². The van der Waals surface area contributed by atoms with E-state index in [4.69, 9.17) is 0 Å². The molecule has 0 amide bonds. The molecule has 3 heteroatoms. The highest BCUT2D eigenvalue weighted by atomic mass is 16.1. The van der Waals surface area contributed by atoms with Crippen LogP contribution in [0.2, 0.25) is 0 Å². The lowest BCUT2D eigenvalue weighted by Crippen LogP contribution is -2.22. The summed E-state index contributed by atoms with van der Waals surface area (Å²) >= 11 is 0. The lowest BCUT2D eigenvalue weighted by atomic mass is 10.1. The predicted molar refractivity (Wildman–Crippen MR) is 56.5 cm³/mol. The molecule has 0 bridgehead atoms. The van der Waals surface area contributed by atoms with Crippen LogP contribution in [0.4, 0.5) is 0 Å². The second kappa shape index (κ2) is 3.95. The van der Waals surface area contributed by atoms with Gasteiger partial charge in [-0.3, -0.25) is 9.48 Å². The second-order valence-electron chi connectivity index (χ2n) is 4.49. The van der Waals surface area contributed by atoms with Crippen LogP contribution < -0.4 is 0 Å². The molecule has 0 fully saturated rings. The minimum absolute atomic E-state index is 0.0508. The van der Waals surface area contributed by atoms with Crippen molar-refractivity contribution >= 4 is 5.78 Å². The average molecular weight is 194 g/mol. The Labute approximate surface area is 85.1 Å². The summed E-state index contributed by atoms with van der Waals surface area (Å²) in [6.45, 7) is 8.19. The minimum atomic E-state index is -0.0508. The van der Waals surface area contributed by atoms with Crippen LogP contribution in [0, 0.1) is 0 Å². The van der Waals surface area contributed by atoms with Gasteiger partial charge in [0, 0.05) is 12.6 Å². The van der Waals surface area contributed by atoms with Gasteiger partial charge in [0.25, 0.3) is 0 Å². The molecule has 0 N–H and O–H groups in total. The lowest BCUT2D eigenvalue weighted by Gasteiger charge is -2.18. The first kappa shape index (κ1) is 11.0. The third-order valence-electron chi connectivity index (χ3n) is 2.04. The van der Waals surface area contributed by atoms with E-state index in [0.717, 1.165) is 6.42 Å². The molecule has 0 aliphatic rings. The molecule has 14 heavy (non-hydrogen) atoms. The van der Waals surface area contributed by atoms with Crippen LogP contribution in [0.3, 0.4) is 0 Å².